The molecule has 1 aliphatic rings. The molecule has 6 heteroatoms. The van der Waals surface area contributed by atoms with Gasteiger partial charge in [-0.1, -0.05) is 0 Å². The van der Waals surface area contributed by atoms with Gasteiger partial charge >= 0.3 is 5.97 Å². The summed E-state index contributed by atoms with van der Waals surface area (Å²) in [6.45, 7) is 1.53. The van der Waals surface area contributed by atoms with E-state index in [2.05, 4.69) is 31.9 Å². The van der Waals surface area contributed by atoms with Gasteiger partial charge in [-0.25, -0.2) is 9.18 Å². The average molecular weight is 367 g/mol. The monoisotopic (exact) mass is 365 g/mol. The minimum atomic E-state index is -1.24. The number of benzene rings is 1. The molecular formula is C11H10Br2FNO2. The van der Waals surface area contributed by atoms with Crippen molar-refractivity contribution in [2.75, 3.05) is 18.0 Å². The van der Waals surface area contributed by atoms with E-state index in [0.29, 0.717) is 10.2 Å². The third-order valence-electron chi connectivity index (χ3n) is 2.78. The van der Waals surface area contributed by atoms with Gasteiger partial charge in [-0.15, -0.1) is 0 Å². The highest BCUT2D eigenvalue weighted by atomic mass is 79.9. The Hall–Kier alpha value is -0.620. The van der Waals surface area contributed by atoms with Crippen LogP contribution < -0.4 is 4.90 Å². The van der Waals surface area contributed by atoms with E-state index >= 15 is 0 Å². The van der Waals surface area contributed by atoms with Crippen LogP contribution in [-0.2, 0) is 0 Å². The maximum absolute atomic E-state index is 13.9. The first kappa shape index (κ1) is 12.8. The van der Waals surface area contributed by atoms with Crippen LogP contribution in [0.1, 0.15) is 23.2 Å². The van der Waals surface area contributed by atoms with Gasteiger partial charge in [-0.3, -0.25) is 0 Å². The minimum absolute atomic E-state index is 0.157. The van der Waals surface area contributed by atoms with Crippen molar-refractivity contribution in [1.29, 1.82) is 0 Å². The van der Waals surface area contributed by atoms with Crippen molar-refractivity contribution in [2.24, 2.45) is 0 Å². The van der Waals surface area contributed by atoms with Crippen molar-refractivity contribution in [3.05, 3.63) is 26.4 Å². The van der Waals surface area contributed by atoms with Crippen LogP contribution in [0.15, 0.2) is 15.0 Å². The van der Waals surface area contributed by atoms with Gasteiger partial charge in [0.1, 0.15) is 5.56 Å². The van der Waals surface area contributed by atoms with Gasteiger partial charge in [0, 0.05) is 17.6 Å². The van der Waals surface area contributed by atoms with E-state index in [1.165, 1.54) is 0 Å². The molecule has 1 heterocycles. The molecule has 0 atom stereocenters. The van der Waals surface area contributed by atoms with E-state index in [1.54, 1.807) is 6.07 Å². The molecule has 1 aromatic carbocycles. The predicted molar refractivity (Wildman–Crippen MR) is 70.2 cm³/mol. The lowest BCUT2D eigenvalue weighted by Crippen LogP contribution is -2.22. The van der Waals surface area contributed by atoms with Crippen LogP contribution in [0.4, 0.5) is 10.1 Å². The van der Waals surface area contributed by atoms with E-state index in [0.717, 1.165) is 25.9 Å². The molecule has 0 radical (unpaired) electrons. The van der Waals surface area contributed by atoms with Crippen molar-refractivity contribution < 1.29 is 14.3 Å². The van der Waals surface area contributed by atoms with E-state index in [4.69, 9.17) is 5.11 Å². The molecule has 92 valence electrons. The van der Waals surface area contributed by atoms with Crippen LogP contribution in [-0.4, -0.2) is 24.2 Å². The Kier molecular flexibility index (Phi) is 3.73. The summed E-state index contributed by atoms with van der Waals surface area (Å²) < 4.78 is 14.6. The van der Waals surface area contributed by atoms with Crippen molar-refractivity contribution >= 4 is 43.5 Å². The SMILES string of the molecule is O=C(O)c1c(F)c(Br)cc(Br)c1N1CCCC1. The number of nitrogens with zero attached hydrogens (tertiary/aromatic N) is 1. The summed E-state index contributed by atoms with van der Waals surface area (Å²) >= 11 is 6.33. The molecule has 0 saturated carbocycles. The number of anilines is 1. The Morgan fingerprint density at radius 1 is 1.29 bits per heavy atom. The fourth-order valence-corrected chi connectivity index (χ4v) is 3.44. The zero-order chi connectivity index (χ0) is 12.6. The van der Waals surface area contributed by atoms with E-state index in [-0.39, 0.29) is 10.0 Å². The van der Waals surface area contributed by atoms with E-state index in [9.17, 15) is 9.18 Å². The number of carboxylic acid groups (broad SMARTS) is 1. The zero-order valence-electron chi connectivity index (χ0n) is 8.84. The zero-order valence-corrected chi connectivity index (χ0v) is 12.0. The van der Waals surface area contributed by atoms with Crippen LogP contribution in [0.5, 0.6) is 0 Å². The predicted octanol–water partition coefficient (Wildman–Crippen LogP) is 3.65. The summed E-state index contributed by atoms with van der Waals surface area (Å²) in [5.41, 5.74) is 0.170. The van der Waals surface area contributed by atoms with Crippen LogP contribution in [0.2, 0.25) is 0 Å². The van der Waals surface area contributed by atoms with Crippen molar-refractivity contribution in [3.8, 4) is 0 Å². The lowest BCUT2D eigenvalue weighted by Gasteiger charge is -2.22. The van der Waals surface area contributed by atoms with Crippen molar-refractivity contribution in [1.82, 2.24) is 0 Å². The molecular weight excluding hydrogens is 357 g/mol. The largest absolute Gasteiger partial charge is 0.478 e. The lowest BCUT2D eigenvalue weighted by molar-refractivity contribution is 0.0692. The normalized spacial score (nSPS) is 15.4. The van der Waals surface area contributed by atoms with Crippen LogP contribution in [0, 0.1) is 5.82 Å². The van der Waals surface area contributed by atoms with Gasteiger partial charge in [0.2, 0.25) is 0 Å². The third-order valence-corrected chi connectivity index (χ3v) is 3.96. The summed E-state index contributed by atoms with van der Waals surface area (Å²) in [5, 5.41) is 9.15. The van der Waals surface area contributed by atoms with Gasteiger partial charge in [0.15, 0.2) is 5.82 Å². The van der Waals surface area contributed by atoms with Gasteiger partial charge in [0.25, 0.3) is 0 Å². The number of hydrogen-bond acceptors (Lipinski definition) is 2. The first-order valence-corrected chi connectivity index (χ1v) is 6.76. The quantitative estimate of drug-likeness (QED) is 0.812. The standard InChI is InChI=1S/C11H10Br2FNO2/c12-6-5-7(13)10(15-3-1-2-4-15)8(9(6)14)11(16)17/h5H,1-4H2,(H,16,17). The summed E-state index contributed by atoms with van der Waals surface area (Å²) in [5.74, 6) is -1.96. The number of carbonyl (C=O) groups is 1. The Balaban J connectivity index is 2.62. The van der Waals surface area contributed by atoms with Gasteiger partial charge in [-0.05, 0) is 50.8 Å². The number of aromatic carboxylic acids is 1. The molecule has 1 N–H and O–H groups in total. The second-order valence-corrected chi connectivity index (χ2v) is 5.59. The Morgan fingerprint density at radius 2 is 1.88 bits per heavy atom. The molecule has 1 aromatic rings. The van der Waals surface area contributed by atoms with Crippen LogP contribution in [0.25, 0.3) is 0 Å². The highest BCUT2D eigenvalue weighted by molar-refractivity contribution is 9.11. The van der Waals surface area contributed by atoms with Crippen LogP contribution >= 0.6 is 31.9 Å². The number of hydrogen-bond donors (Lipinski definition) is 1. The topological polar surface area (TPSA) is 40.5 Å². The Morgan fingerprint density at radius 3 is 2.41 bits per heavy atom. The van der Waals surface area contributed by atoms with E-state index in [1.807, 2.05) is 4.90 Å². The molecule has 2 rings (SSSR count). The number of carboxylic acids is 1. The minimum Gasteiger partial charge on any atom is -0.478 e. The molecule has 0 aliphatic carbocycles. The average Bonchev–Trinajstić information content (AvgIpc) is 2.75. The summed E-state index contributed by atoms with van der Waals surface area (Å²) in [6.07, 6.45) is 2.01. The summed E-state index contributed by atoms with van der Waals surface area (Å²) in [7, 11) is 0. The van der Waals surface area contributed by atoms with Crippen molar-refractivity contribution in [3.63, 3.8) is 0 Å². The molecule has 0 aromatic heterocycles. The smallest absolute Gasteiger partial charge is 0.340 e. The van der Waals surface area contributed by atoms with Gasteiger partial charge in [0.05, 0.1) is 10.2 Å². The fraction of sp³-hybridized carbons (Fsp3) is 0.364. The molecule has 17 heavy (non-hydrogen) atoms. The molecule has 0 spiro atoms. The Labute approximate surface area is 115 Å². The summed E-state index contributed by atoms with van der Waals surface area (Å²) in [6, 6.07) is 1.55. The first-order chi connectivity index (χ1) is 8.02. The fourth-order valence-electron chi connectivity index (χ4n) is 2.03. The number of halogens is 3. The second kappa shape index (κ2) is 4.94. The Bertz CT molecular complexity index is 473. The molecule has 0 bridgehead atoms. The molecule has 1 saturated heterocycles. The molecule has 1 fully saturated rings. The molecule has 1 aliphatic heterocycles. The highest BCUT2D eigenvalue weighted by Crippen LogP contribution is 2.37. The maximum atomic E-state index is 13.9. The molecule has 0 unspecified atom stereocenters. The number of rotatable bonds is 2. The maximum Gasteiger partial charge on any atom is 0.340 e. The van der Waals surface area contributed by atoms with Crippen LogP contribution in [0.3, 0.4) is 0 Å². The summed E-state index contributed by atoms with van der Waals surface area (Å²) in [4.78, 5) is 13.1. The third kappa shape index (κ3) is 2.33. The highest BCUT2D eigenvalue weighted by Gasteiger charge is 2.26. The first-order valence-electron chi connectivity index (χ1n) is 5.18. The van der Waals surface area contributed by atoms with Gasteiger partial charge < -0.3 is 10.0 Å². The van der Waals surface area contributed by atoms with Crippen molar-refractivity contribution in [2.45, 2.75) is 12.8 Å². The lowest BCUT2D eigenvalue weighted by atomic mass is 10.1. The van der Waals surface area contributed by atoms with E-state index < -0.39 is 11.8 Å². The van der Waals surface area contributed by atoms with Gasteiger partial charge in [-0.2, -0.15) is 0 Å². The second-order valence-electron chi connectivity index (χ2n) is 3.88. The molecule has 0 amide bonds. The molecule has 3 nitrogen and oxygen atoms in total.